The van der Waals surface area contributed by atoms with Crippen LogP contribution >= 0.6 is 12.2 Å². The van der Waals surface area contributed by atoms with E-state index in [0.29, 0.717) is 11.6 Å². The van der Waals surface area contributed by atoms with Crippen molar-refractivity contribution in [2.45, 2.75) is 13.1 Å². The number of nitrogens with zero attached hydrogens (tertiary/aromatic N) is 1. The van der Waals surface area contributed by atoms with E-state index in [1.54, 1.807) is 13.0 Å². The van der Waals surface area contributed by atoms with Gasteiger partial charge >= 0.3 is 6.18 Å². The number of nitrogens with one attached hydrogen (secondary N) is 2. The molecule has 2 rings (SSSR count). The number of thiocarbonyl (C=S) groups is 1. The molecule has 0 fully saturated rings. The second-order valence-electron chi connectivity index (χ2n) is 4.31. The van der Waals surface area contributed by atoms with E-state index in [4.69, 9.17) is 16.7 Å². The molecule has 0 bridgehead atoms. The van der Waals surface area contributed by atoms with E-state index >= 15 is 0 Å². The van der Waals surface area contributed by atoms with Crippen LogP contribution < -0.4 is 10.6 Å². The number of hydrogen-bond donors (Lipinski definition) is 2. The number of amides is 1. The number of rotatable bonds is 2. The molecule has 1 aromatic carbocycles. The molecular formula is C13H10F3N3O2S. The van der Waals surface area contributed by atoms with Gasteiger partial charge in [-0.05, 0) is 43.4 Å². The van der Waals surface area contributed by atoms with Crippen LogP contribution in [0, 0.1) is 6.92 Å². The minimum Gasteiger partial charge on any atom is -0.360 e. The van der Waals surface area contributed by atoms with E-state index < -0.39 is 17.6 Å². The van der Waals surface area contributed by atoms with Gasteiger partial charge in [0.15, 0.2) is 10.9 Å². The minimum atomic E-state index is -4.45. The SMILES string of the molecule is Cc1cc(NC(=S)NC(=O)c2ccc(C(F)(F)F)cc2)no1. The molecule has 0 spiro atoms. The first kappa shape index (κ1) is 16.0. The lowest BCUT2D eigenvalue weighted by atomic mass is 10.1. The van der Waals surface area contributed by atoms with Crippen LogP contribution in [0.15, 0.2) is 34.9 Å². The standard InChI is InChI=1S/C13H10F3N3O2S/c1-7-6-10(19-21-7)17-12(22)18-11(20)8-2-4-9(5-3-8)13(14,15)16/h2-6H,1H3,(H2,17,18,19,20,22). The summed E-state index contributed by atoms with van der Waals surface area (Å²) in [4.78, 5) is 11.8. The van der Waals surface area contributed by atoms with Gasteiger partial charge in [-0.1, -0.05) is 5.16 Å². The second kappa shape index (κ2) is 6.14. The third-order valence-electron chi connectivity index (χ3n) is 2.57. The summed E-state index contributed by atoms with van der Waals surface area (Å²) in [6.45, 7) is 1.68. The quantitative estimate of drug-likeness (QED) is 0.829. The monoisotopic (exact) mass is 329 g/mol. The number of alkyl halides is 3. The molecule has 0 aliphatic heterocycles. The first-order valence-electron chi connectivity index (χ1n) is 5.98. The molecule has 1 heterocycles. The van der Waals surface area contributed by atoms with Crippen LogP contribution in [0.4, 0.5) is 19.0 Å². The number of aryl methyl sites for hydroxylation is 1. The van der Waals surface area contributed by atoms with E-state index in [0.717, 1.165) is 24.3 Å². The Kier molecular flexibility index (Phi) is 4.45. The van der Waals surface area contributed by atoms with E-state index in [2.05, 4.69) is 15.8 Å². The summed E-state index contributed by atoms with van der Waals surface area (Å²) in [5, 5.41) is 8.53. The van der Waals surface area contributed by atoms with Gasteiger partial charge in [-0.25, -0.2) is 0 Å². The number of halogens is 3. The van der Waals surface area contributed by atoms with Gasteiger partial charge in [0, 0.05) is 11.6 Å². The van der Waals surface area contributed by atoms with Gasteiger partial charge in [-0.2, -0.15) is 13.2 Å². The molecule has 2 aromatic rings. The summed E-state index contributed by atoms with van der Waals surface area (Å²) in [6.07, 6.45) is -4.45. The lowest BCUT2D eigenvalue weighted by molar-refractivity contribution is -0.137. The maximum atomic E-state index is 12.4. The molecule has 2 N–H and O–H groups in total. The third-order valence-corrected chi connectivity index (χ3v) is 2.78. The summed E-state index contributed by atoms with van der Waals surface area (Å²) >= 11 is 4.90. The van der Waals surface area contributed by atoms with Gasteiger partial charge < -0.3 is 9.84 Å². The van der Waals surface area contributed by atoms with Crippen molar-refractivity contribution < 1.29 is 22.5 Å². The largest absolute Gasteiger partial charge is 0.416 e. The van der Waals surface area contributed by atoms with Crippen LogP contribution in [0.25, 0.3) is 0 Å². The molecule has 22 heavy (non-hydrogen) atoms. The summed E-state index contributed by atoms with van der Waals surface area (Å²) in [6, 6.07) is 5.36. The predicted octanol–water partition coefficient (Wildman–Crippen LogP) is 3.13. The average Bonchev–Trinajstić information content (AvgIpc) is 2.83. The normalized spacial score (nSPS) is 11.1. The smallest absolute Gasteiger partial charge is 0.360 e. The molecule has 0 radical (unpaired) electrons. The molecule has 0 unspecified atom stereocenters. The summed E-state index contributed by atoms with van der Waals surface area (Å²) in [5.74, 6) is 0.237. The number of hydrogen-bond acceptors (Lipinski definition) is 4. The number of aromatic nitrogens is 1. The molecule has 5 nitrogen and oxygen atoms in total. The van der Waals surface area contributed by atoms with Crippen molar-refractivity contribution in [2.75, 3.05) is 5.32 Å². The number of benzene rings is 1. The van der Waals surface area contributed by atoms with Crippen molar-refractivity contribution in [1.29, 1.82) is 0 Å². The van der Waals surface area contributed by atoms with Gasteiger partial charge in [0.2, 0.25) is 0 Å². The number of anilines is 1. The molecule has 0 saturated carbocycles. The Hall–Kier alpha value is -2.42. The maximum absolute atomic E-state index is 12.4. The van der Waals surface area contributed by atoms with Gasteiger partial charge in [0.25, 0.3) is 5.91 Å². The highest BCUT2D eigenvalue weighted by Gasteiger charge is 2.30. The highest BCUT2D eigenvalue weighted by atomic mass is 32.1. The second-order valence-corrected chi connectivity index (χ2v) is 4.71. The van der Waals surface area contributed by atoms with Crippen molar-refractivity contribution in [3.8, 4) is 0 Å². The lowest BCUT2D eigenvalue weighted by Crippen LogP contribution is -2.34. The molecule has 0 saturated heterocycles. The molecular weight excluding hydrogens is 319 g/mol. The lowest BCUT2D eigenvalue weighted by Gasteiger charge is -2.09. The Morgan fingerprint density at radius 2 is 1.91 bits per heavy atom. The molecule has 0 atom stereocenters. The van der Waals surface area contributed by atoms with Crippen LogP contribution in [-0.2, 0) is 6.18 Å². The molecule has 1 aromatic heterocycles. The zero-order valence-corrected chi connectivity index (χ0v) is 12.0. The Bertz CT molecular complexity index is 695. The Balaban J connectivity index is 1.98. The number of carbonyl (C=O) groups is 1. The predicted molar refractivity (Wildman–Crippen MR) is 76.4 cm³/mol. The van der Waals surface area contributed by atoms with Gasteiger partial charge in [0.05, 0.1) is 5.56 Å². The van der Waals surface area contributed by atoms with Crippen LogP contribution in [0.5, 0.6) is 0 Å². The van der Waals surface area contributed by atoms with E-state index in [-0.39, 0.29) is 10.7 Å². The Morgan fingerprint density at radius 1 is 1.27 bits per heavy atom. The number of carbonyl (C=O) groups excluding carboxylic acids is 1. The summed E-state index contributed by atoms with van der Waals surface area (Å²) < 4.78 is 42.1. The van der Waals surface area contributed by atoms with E-state index in [1.807, 2.05) is 0 Å². The zero-order chi connectivity index (χ0) is 16.3. The third kappa shape index (κ3) is 4.04. The Labute approximate surface area is 128 Å². The minimum absolute atomic E-state index is 0.0433. The van der Waals surface area contributed by atoms with Crippen molar-refractivity contribution in [3.05, 3.63) is 47.2 Å². The molecule has 0 aliphatic carbocycles. The first-order chi connectivity index (χ1) is 10.3. The van der Waals surface area contributed by atoms with Crippen molar-refractivity contribution in [1.82, 2.24) is 10.5 Å². The first-order valence-corrected chi connectivity index (χ1v) is 6.39. The van der Waals surface area contributed by atoms with Crippen molar-refractivity contribution >= 4 is 29.1 Å². The highest BCUT2D eigenvalue weighted by molar-refractivity contribution is 7.80. The zero-order valence-electron chi connectivity index (χ0n) is 11.2. The van der Waals surface area contributed by atoms with Crippen LogP contribution in [0.2, 0.25) is 0 Å². The Morgan fingerprint density at radius 3 is 2.41 bits per heavy atom. The summed E-state index contributed by atoms with van der Waals surface area (Å²) in [7, 11) is 0. The van der Waals surface area contributed by atoms with Gasteiger partial charge in [-0.15, -0.1) is 0 Å². The van der Waals surface area contributed by atoms with Crippen molar-refractivity contribution in [2.24, 2.45) is 0 Å². The molecule has 1 amide bonds. The topological polar surface area (TPSA) is 67.2 Å². The summed E-state index contributed by atoms with van der Waals surface area (Å²) in [5.41, 5.74) is -0.781. The fourth-order valence-electron chi connectivity index (χ4n) is 1.56. The van der Waals surface area contributed by atoms with Crippen LogP contribution in [0.3, 0.4) is 0 Å². The molecule has 116 valence electrons. The van der Waals surface area contributed by atoms with E-state index in [1.165, 1.54) is 0 Å². The molecule has 9 heteroatoms. The van der Waals surface area contributed by atoms with Crippen LogP contribution in [-0.4, -0.2) is 16.2 Å². The highest BCUT2D eigenvalue weighted by Crippen LogP contribution is 2.29. The fraction of sp³-hybridized carbons (Fsp3) is 0.154. The van der Waals surface area contributed by atoms with E-state index in [9.17, 15) is 18.0 Å². The van der Waals surface area contributed by atoms with Gasteiger partial charge in [0.1, 0.15) is 5.76 Å². The van der Waals surface area contributed by atoms with Crippen LogP contribution in [0.1, 0.15) is 21.7 Å². The van der Waals surface area contributed by atoms with Gasteiger partial charge in [-0.3, -0.25) is 10.1 Å². The fourth-order valence-corrected chi connectivity index (χ4v) is 1.76. The van der Waals surface area contributed by atoms with Crippen molar-refractivity contribution in [3.63, 3.8) is 0 Å². The molecule has 0 aliphatic rings. The average molecular weight is 329 g/mol. The maximum Gasteiger partial charge on any atom is 0.416 e.